The number of carbonyl (C=O) groups is 1. The van der Waals surface area contributed by atoms with Gasteiger partial charge in [0.1, 0.15) is 11.4 Å². The zero-order valence-electron chi connectivity index (χ0n) is 13.0. The summed E-state index contributed by atoms with van der Waals surface area (Å²) < 4.78 is 16.6. The molecule has 0 aliphatic carbocycles. The van der Waals surface area contributed by atoms with Crippen molar-refractivity contribution in [2.75, 3.05) is 12.5 Å². The fraction of sp³-hybridized carbons (Fsp3) is 0.111. The molecular weight excluding hydrogens is 342 g/mol. The lowest BCUT2D eigenvalue weighted by molar-refractivity contribution is -0.133. The number of aliphatic carboxylic acids is 1. The Morgan fingerprint density at radius 3 is 2.68 bits per heavy atom. The Morgan fingerprint density at radius 2 is 1.88 bits per heavy atom. The number of benzene rings is 2. The Balaban J connectivity index is 1.78. The van der Waals surface area contributed by atoms with Crippen LogP contribution in [-0.4, -0.2) is 28.6 Å². The molecule has 2 aromatic carbocycles. The molecule has 0 radical (unpaired) electrons. The molecule has 25 heavy (non-hydrogen) atoms. The minimum atomic E-state index is -0.922. The second-order valence-electron chi connectivity index (χ2n) is 5.27. The van der Waals surface area contributed by atoms with E-state index in [4.69, 9.17) is 19.0 Å². The Bertz CT molecular complexity index is 922. The van der Waals surface area contributed by atoms with Crippen LogP contribution in [0, 0.1) is 0 Å². The van der Waals surface area contributed by atoms with Gasteiger partial charge >= 0.3 is 5.97 Å². The number of ether oxygens (including phenoxy) is 2. The number of hydrogen-bond acceptors (Lipinski definition) is 6. The summed E-state index contributed by atoms with van der Waals surface area (Å²) in [5.74, 6) is 0.860. The highest BCUT2D eigenvalue weighted by Gasteiger charge is 2.21. The van der Waals surface area contributed by atoms with Crippen LogP contribution in [0.1, 0.15) is 0 Å². The van der Waals surface area contributed by atoms with Crippen LogP contribution in [0.3, 0.4) is 0 Å². The summed E-state index contributed by atoms with van der Waals surface area (Å²) in [5, 5.41) is 9.18. The van der Waals surface area contributed by atoms with Crippen LogP contribution < -0.4 is 9.47 Å². The van der Waals surface area contributed by atoms with Gasteiger partial charge in [0.05, 0.1) is 0 Å². The number of hydrogen-bond donors (Lipinski definition) is 1. The predicted octanol–water partition coefficient (Wildman–Crippen LogP) is 3.91. The van der Waals surface area contributed by atoms with Crippen LogP contribution in [0.25, 0.3) is 22.6 Å². The van der Waals surface area contributed by atoms with Crippen LogP contribution in [-0.2, 0) is 4.79 Å². The molecule has 0 saturated carbocycles. The first-order valence-corrected chi connectivity index (χ1v) is 8.50. The third-order valence-corrected chi connectivity index (χ3v) is 4.42. The molecule has 0 amide bonds. The maximum atomic E-state index is 10.8. The van der Waals surface area contributed by atoms with Gasteiger partial charge in [-0.15, -0.1) is 0 Å². The third-order valence-electron chi connectivity index (χ3n) is 3.61. The van der Waals surface area contributed by atoms with E-state index in [1.807, 2.05) is 48.5 Å². The van der Waals surface area contributed by atoms with Crippen molar-refractivity contribution >= 4 is 17.7 Å². The lowest BCUT2D eigenvalue weighted by atomic mass is 10.1. The summed E-state index contributed by atoms with van der Waals surface area (Å²) in [6, 6.07) is 15.1. The first kappa shape index (κ1) is 15.6. The van der Waals surface area contributed by atoms with E-state index in [0.29, 0.717) is 28.2 Å². The molecule has 7 heteroatoms. The Kier molecular flexibility index (Phi) is 4.07. The Hall–Kier alpha value is -2.93. The van der Waals surface area contributed by atoms with Crippen LogP contribution in [0.4, 0.5) is 0 Å². The number of carboxylic acid groups (broad SMARTS) is 1. The lowest BCUT2D eigenvalue weighted by Crippen LogP contribution is -1.97. The van der Waals surface area contributed by atoms with Crippen LogP contribution in [0.5, 0.6) is 11.5 Å². The van der Waals surface area contributed by atoms with E-state index >= 15 is 0 Å². The molecule has 0 bridgehead atoms. The van der Waals surface area contributed by atoms with Crippen molar-refractivity contribution in [2.45, 2.75) is 5.22 Å². The van der Waals surface area contributed by atoms with E-state index < -0.39 is 5.97 Å². The van der Waals surface area contributed by atoms with Gasteiger partial charge in [0.2, 0.25) is 6.79 Å². The molecular formula is C18H13NO5S. The largest absolute Gasteiger partial charge is 0.481 e. The predicted molar refractivity (Wildman–Crippen MR) is 91.9 cm³/mol. The number of fused-ring (bicyclic) bond motifs is 1. The Morgan fingerprint density at radius 1 is 1.08 bits per heavy atom. The fourth-order valence-electron chi connectivity index (χ4n) is 2.51. The highest BCUT2D eigenvalue weighted by Crippen LogP contribution is 2.40. The molecule has 1 aromatic heterocycles. The highest BCUT2D eigenvalue weighted by atomic mass is 32.2. The molecule has 0 atom stereocenters. The third kappa shape index (κ3) is 3.18. The summed E-state index contributed by atoms with van der Waals surface area (Å²) in [6.07, 6.45) is 0. The number of aromatic nitrogens is 1. The zero-order valence-corrected chi connectivity index (χ0v) is 13.8. The van der Waals surface area contributed by atoms with E-state index in [9.17, 15) is 4.79 Å². The summed E-state index contributed by atoms with van der Waals surface area (Å²) in [4.78, 5) is 15.3. The topological polar surface area (TPSA) is 81.8 Å². The summed E-state index contributed by atoms with van der Waals surface area (Å²) >= 11 is 1.05. The van der Waals surface area contributed by atoms with Gasteiger partial charge in [-0.2, -0.15) is 0 Å². The molecule has 0 unspecified atom stereocenters. The van der Waals surface area contributed by atoms with E-state index in [0.717, 1.165) is 22.9 Å². The maximum absolute atomic E-state index is 10.8. The van der Waals surface area contributed by atoms with Gasteiger partial charge in [-0.1, -0.05) is 42.1 Å². The first-order chi connectivity index (χ1) is 12.2. The number of oxazole rings is 1. The zero-order chi connectivity index (χ0) is 17.2. The molecule has 4 rings (SSSR count). The molecule has 126 valence electrons. The van der Waals surface area contributed by atoms with E-state index in [2.05, 4.69) is 4.98 Å². The second-order valence-corrected chi connectivity index (χ2v) is 6.20. The van der Waals surface area contributed by atoms with Crippen LogP contribution >= 0.6 is 11.8 Å². The molecule has 2 heterocycles. The first-order valence-electron chi connectivity index (χ1n) is 7.51. The standard InChI is InChI=1S/C18H13NO5S/c20-15(21)9-25-18-19-16(11-4-2-1-3-5-11)17(24-18)12-6-7-13-14(8-12)23-10-22-13/h1-8H,9-10H2,(H,20,21). The van der Waals surface area contributed by atoms with Gasteiger partial charge in [0.25, 0.3) is 5.22 Å². The van der Waals surface area contributed by atoms with Crippen LogP contribution in [0.15, 0.2) is 58.2 Å². The molecule has 0 fully saturated rings. The van der Waals surface area contributed by atoms with E-state index in [1.165, 1.54) is 0 Å². The van der Waals surface area contributed by atoms with Gasteiger partial charge in [-0.25, -0.2) is 4.98 Å². The van der Waals surface area contributed by atoms with Crippen molar-refractivity contribution in [3.05, 3.63) is 48.5 Å². The van der Waals surface area contributed by atoms with Crippen LogP contribution in [0.2, 0.25) is 0 Å². The van der Waals surface area contributed by atoms with Gasteiger partial charge in [-0.05, 0) is 18.2 Å². The average Bonchev–Trinajstić information content (AvgIpc) is 3.27. The van der Waals surface area contributed by atoms with Crippen molar-refractivity contribution in [1.29, 1.82) is 0 Å². The lowest BCUT2D eigenvalue weighted by Gasteiger charge is -2.03. The highest BCUT2D eigenvalue weighted by molar-refractivity contribution is 7.99. The number of nitrogens with zero attached hydrogens (tertiary/aromatic N) is 1. The average molecular weight is 355 g/mol. The molecule has 3 aromatic rings. The fourth-order valence-corrected chi connectivity index (χ4v) is 3.06. The number of carboxylic acids is 1. The maximum Gasteiger partial charge on any atom is 0.314 e. The quantitative estimate of drug-likeness (QED) is 0.695. The van der Waals surface area contributed by atoms with Gasteiger partial charge in [0.15, 0.2) is 17.3 Å². The van der Waals surface area contributed by atoms with Crippen molar-refractivity contribution in [3.63, 3.8) is 0 Å². The van der Waals surface area contributed by atoms with Crippen molar-refractivity contribution < 1.29 is 23.8 Å². The van der Waals surface area contributed by atoms with Gasteiger partial charge in [-0.3, -0.25) is 4.79 Å². The molecule has 6 nitrogen and oxygen atoms in total. The number of thioether (sulfide) groups is 1. The summed E-state index contributed by atoms with van der Waals surface area (Å²) in [7, 11) is 0. The number of rotatable bonds is 5. The van der Waals surface area contributed by atoms with Gasteiger partial charge in [0, 0.05) is 11.1 Å². The molecule has 0 saturated heterocycles. The molecule has 0 spiro atoms. The normalized spacial score (nSPS) is 12.3. The van der Waals surface area contributed by atoms with Crippen molar-refractivity contribution in [3.8, 4) is 34.1 Å². The minimum absolute atomic E-state index is 0.116. The van der Waals surface area contributed by atoms with Crippen molar-refractivity contribution in [2.24, 2.45) is 0 Å². The molecule has 1 N–H and O–H groups in total. The molecule has 1 aliphatic heterocycles. The smallest absolute Gasteiger partial charge is 0.314 e. The SMILES string of the molecule is O=C(O)CSc1nc(-c2ccccc2)c(-c2ccc3c(c2)OCO3)o1. The second kappa shape index (κ2) is 6.52. The monoisotopic (exact) mass is 355 g/mol. The molecule has 1 aliphatic rings. The minimum Gasteiger partial charge on any atom is -0.481 e. The van der Waals surface area contributed by atoms with E-state index in [1.54, 1.807) is 0 Å². The Labute approximate surface area is 147 Å². The van der Waals surface area contributed by atoms with Gasteiger partial charge < -0.3 is 19.0 Å². The van der Waals surface area contributed by atoms with Crippen molar-refractivity contribution in [1.82, 2.24) is 4.98 Å². The summed E-state index contributed by atoms with van der Waals surface area (Å²) in [5.41, 5.74) is 2.34. The van der Waals surface area contributed by atoms with E-state index in [-0.39, 0.29) is 12.5 Å². The summed E-state index contributed by atoms with van der Waals surface area (Å²) in [6.45, 7) is 0.195.